The molecule has 8 heteroatoms. The fourth-order valence-corrected chi connectivity index (χ4v) is 4.53. The van der Waals surface area contributed by atoms with E-state index < -0.39 is 10.0 Å². The Bertz CT molecular complexity index is 1110. The Morgan fingerprint density at radius 3 is 2.12 bits per heavy atom. The Labute approximate surface area is 189 Å². The lowest BCUT2D eigenvalue weighted by Crippen LogP contribution is -2.23. The SMILES string of the molecule is CCOc1ccc(Oc2ccc(S(=O)(=O)NCc3ccc(N4CCCC4)nc3)cc2)cc1. The third kappa shape index (κ3) is 5.57. The molecular formula is C24H27N3O4S. The van der Waals surface area contributed by atoms with Crippen LogP contribution in [0.25, 0.3) is 0 Å². The summed E-state index contributed by atoms with van der Waals surface area (Å²) in [6.07, 6.45) is 4.10. The van der Waals surface area contributed by atoms with Crippen LogP contribution >= 0.6 is 0 Å². The van der Waals surface area contributed by atoms with E-state index in [9.17, 15) is 8.42 Å². The second-order valence-electron chi connectivity index (χ2n) is 7.52. The highest BCUT2D eigenvalue weighted by molar-refractivity contribution is 7.89. The molecule has 32 heavy (non-hydrogen) atoms. The van der Waals surface area contributed by atoms with Gasteiger partial charge >= 0.3 is 0 Å². The number of aromatic nitrogens is 1. The van der Waals surface area contributed by atoms with Gasteiger partial charge < -0.3 is 14.4 Å². The Balaban J connectivity index is 1.34. The van der Waals surface area contributed by atoms with Crippen LogP contribution in [-0.2, 0) is 16.6 Å². The van der Waals surface area contributed by atoms with Gasteiger partial charge in [-0.15, -0.1) is 0 Å². The fraction of sp³-hybridized carbons (Fsp3) is 0.292. The second kappa shape index (κ2) is 10.0. The van der Waals surface area contributed by atoms with Gasteiger partial charge in [0.1, 0.15) is 23.1 Å². The van der Waals surface area contributed by atoms with E-state index in [0.717, 1.165) is 30.2 Å². The average Bonchev–Trinajstić information content (AvgIpc) is 3.35. The van der Waals surface area contributed by atoms with Gasteiger partial charge in [0.2, 0.25) is 10.0 Å². The van der Waals surface area contributed by atoms with E-state index in [2.05, 4.69) is 14.6 Å². The van der Waals surface area contributed by atoms with Gasteiger partial charge in [0.15, 0.2) is 0 Å². The van der Waals surface area contributed by atoms with E-state index in [4.69, 9.17) is 9.47 Å². The average molecular weight is 454 g/mol. The minimum absolute atomic E-state index is 0.179. The lowest BCUT2D eigenvalue weighted by molar-refractivity contribution is 0.339. The maximum absolute atomic E-state index is 12.7. The largest absolute Gasteiger partial charge is 0.494 e. The third-order valence-electron chi connectivity index (χ3n) is 5.21. The highest BCUT2D eigenvalue weighted by Crippen LogP contribution is 2.25. The Kier molecular flexibility index (Phi) is 6.92. The molecular weight excluding hydrogens is 426 g/mol. The Morgan fingerprint density at radius 2 is 1.53 bits per heavy atom. The lowest BCUT2D eigenvalue weighted by Gasteiger charge is -2.16. The summed E-state index contributed by atoms with van der Waals surface area (Å²) in [4.78, 5) is 6.89. The van der Waals surface area contributed by atoms with E-state index in [-0.39, 0.29) is 11.4 Å². The minimum atomic E-state index is -3.65. The van der Waals surface area contributed by atoms with Crippen molar-refractivity contribution < 1.29 is 17.9 Å². The van der Waals surface area contributed by atoms with Crippen LogP contribution in [-0.4, -0.2) is 33.1 Å². The summed E-state index contributed by atoms with van der Waals surface area (Å²) < 4.78 is 39.1. The summed E-state index contributed by atoms with van der Waals surface area (Å²) >= 11 is 0. The van der Waals surface area contributed by atoms with E-state index >= 15 is 0 Å². The normalized spacial score (nSPS) is 13.8. The summed E-state index contributed by atoms with van der Waals surface area (Å²) in [7, 11) is -3.65. The molecule has 4 rings (SSSR count). The Morgan fingerprint density at radius 1 is 0.906 bits per heavy atom. The maximum atomic E-state index is 12.7. The first-order valence-corrected chi connectivity index (χ1v) is 12.2. The molecule has 0 saturated carbocycles. The van der Waals surface area contributed by atoms with Crippen molar-refractivity contribution in [2.75, 3.05) is 24.6 Å². The topological polar surface area (TPSA) is 80.8 Å². The molecule has 1 N–H and O–H groups in total. The van der Waals surface area contributed by atoms with Gasteiger partial charge in [0.05, 0.1) is 11.5 Å². The van der Waals surface area contributed by atoms with Crippen molar-refractivity contribution in [3.05, 3.63) is 72.4 Å². The maximum Gasteiger partial charge on any atom is 0.240 e. The smallest absolute Gasteiger partial charge is 0.240 e. The molecule has 7 nitrogen and oxygen atoms in total. The van der Waals surface area contributed by atoms with Crippen LogP contribution in [0.4, 0.5) is 5.82 Å². The van der Waals surface area contributed by atoms with Crippen LogP contribution in [0, 0.1) is 0 Å². The number of hydrogen-bond acceptors (Lipinski definition) is 6. The van der Waals surface area contributed by atoms with Crippen LogP contribution in [0.2, 0.25) is 0 Å². The van der Waals surface area contributed by atoms with E-state index in [1.807, 2.05) is 31.2 Å². The van der Waals surface area contributed by atoms with Crippen molar-refractivity contribution in [1.29, 1.82) is 0 Å². The number of anilines is 1. The van der Waals surface area contributed by atoms with Crippen molar-refractivity contribution >= 4 is 15.8 Å². The van der Waals surface area contributed by atoms with Crippen molar-refractivity contribution in [3.8, 4) is 17.2 Å². The van der Waals surface area contributed by atoms with Gasteiger partial charge in [-0.1, -0.05) is 6.07 Å². The zero-order valence-corrected chi connectivity index (χ0v) is 18.8. The summed E-state index contributed by atoms with van der Waals surface area (Å²) in [5.74, 6) is 2.91. The molecule has 0 amide bonds. The fourth-order valence-electron chi connectivity index (χ4n) is 3.51. The number of ether oxygens (including phenoxy) is 2. The predicted molar refractivity (Wildman–Crippen MR) is 124 cm³/mol. The molecule has 2 aromatic carbocycles. The molecule has 1 aliphatic rings. The van der Waals surface area contributed by atoms with Crippen molar-refractivity contribution in [3.63, 3.8) is 0 Å². The molecule has 1 aromatic heterocycles. The van der Waals surface area contributed by atoms with Crippen LogP contribution in [0.1, 0.15) is 25.3 Å². The number of sulfonamides is 1. The molecule has 0 atom stereocenters. The number of hydrogen-bond donors (Lipinski definition) is 1. The minimum Gasteiger partial charge on any atom is -0.494 e. The molecule has 0 aliphatic carbocycles. The monoisotopic (exact) mass is 453 g/mol. The molecule has 1 fully saturated rings. The molecule has 0 spiro atoms. The molecule has 0 unspecified atom stereocenters. The first kappa shape index (κ1) is 22.1. The van der Waals surface area contributed by atoms with Gasteiger partial charge in [-0.3, -0.25) is 0 Å². The number of benzene rings is 2. The zero-order valence-electron chi connectivity index (χ0n) is 18.0. The number of rotatable bonds is 9. The number of nitrogens with zero attached hydrogens (tertiary/aromatic N) is 2. The summed E-state index contributed by atoms with van der Waals surface area (Å²) in [6, 6.07) is 17.5. The van der Waals surface area contributed by atoms with E-state index in [1.54, 1.807) is 30.5 Å². The molecule has 0 radical (unpaired) electrons. The van der Waals surface area contributed by atoms with Crippen molar-refractivity contribution in [2.45, 2.75) is 31.2 Å². The molecule has 0 bridgehead atoms. The van der Waals surface area contributed by atoms with E-state index in [1.165, 1.54) is 25.0 Å². The summed E-state index contributed by atoms with van der Waals surface area (Å²) in [5.41, 5.74) is 0.812. The summed E-state index contributed by atoms with van der Waals surface area (Å²) in [6.45, 7) is 4.76. The van der Waals surface area contributed by atoms with Gasteiger partial charge in [-0.05, 0) is 79.9 Å². The first-order chi connectivity index (χ1) is 15.5. The van der Waals surface area contributed by atoms with Crippen LogP contribution < -0.4 is 19.1 Å². The van der Waals surface area contributed by atoms with Crippen molar-refractivity contribution in [2.24, 2.45) is 0 Å². The highest BCUT2D eigenvalue weighted by Gasteiger charge is 2.15. The number of nitrogens with one attached hydrogen (secondary N) is 1. The van der Waals surface area contributed by atoms with Crippen molar-refractivity contribution in [1.82, 2.24) is 9.71 Å². The number of pyridine rings is 1. The quantitative estimate of drug-likeness (QED) is 0.519. The van der Waals surface area contributed by atoms with Gasteiger partial charge in [-0.2, -0.15) is 0 Å². The predicted octanol–water partition coefficient (Wildman–Crippen LogP) is 4.35. The molecule has 2 heterocycles. The van der Waals surface area contributed by atoms with Gasteiger partial charge in [0.25, 0.3) is 0 Å². The van der Waals surface area contributed by atoms with Crippen LogP contribution in [0.3, 0.4) is 0 Å². The molecule has 1 aliphatic heterocycles. The first-order valence-electron chi connectivity index (χ1n) is 10.7. The van der Waals surface area contributed by atoms with Crippen LogP contribution in [0.5, 0.6) is 17.2 Å². The van der Waals surface area contributed by atoms with Gasteiger partial charge in [-0.25, -0.2) is 18.1 Å². The van der Waals surface area contributed by atoms with Crippen LogP contribution in [0.15, 0.2) is 71.8 Å². The summed E-state index contributed by atoms with van der Waals surface area (Å²) in [5, 5.41) is 0. The second-order valence-corrected chi connectivity index (χ2v) is 9.29. The van der Waals surface area contributed by atoms with E-state index in [0.29, 0.717) is 18.1 Å². The Hall–Kier alpha value is -3.10. The standard InChI is InChI=1S/C24H27N3O4S/c1-2-30-20-6-8-21(9-7-20)31-22-10-12-23(13-11-22)32(28,29)26-18-19-5-14-24(25-17-19)27-15-3-4-16-27/h5-14,17,26H,2-4,15-16,18H2,1H3. The molecule has 1 saturated heterocycles. The highest BCUT2D eigenvalue weighted by atomic mass is 32.2. The van der Waals surface area contributed by atoms with Gasteiger partial charge in [0, 0.05) is 25.8 Å². The molecule has 3 aromatic rings. The molecule has 168 valence electrons. The lowest BCUT2D eigenvalue weighted by atomic mass is 10.3. The third-order valence-corrected chi connectivity index (χ3v) is 6.63. The zero-order chi connectivity index (χ0) is 22.4.